The van der Waals surface area contributed by atoms with E-state index in [-0.39, 0.29) is 11.6 Å². The van der Waals surface area contributed by atoms with Crippen LogP contribution in [0.15, 0.2) is 83.5 Å². The number of ether oxygens (including phenoxy) is 2. The Hall–Kier alpha value is -2.64. The molecule has 29 heavy (non-hydrogen) atoms. The molecule has 0 radical (unpaired) electrons. The second-order valence-corrected chi connectivity index (χ2v) is 7.96. The molecule has 0 bridgehead atoms. The lowest BCUT2D eigenvalue weighted by atomic mass is 10.2. The first-order valence-corrected chi connectivity index (χ1v) is 10.3. The third-order valence-electron chi connectivity index (χ3n) is 4.21. The average molecular weight is 516 g/mol. The quantitative estimate of drug-likeness (QED) is 0.243. The molecular formula is C23H15ClINO3. The smallest absolute Gasteiger partial charge is 0.363 e. The first kappa shape index (κ1) is 19.7. The van der Waals surface area contributed by atoms with Gasteiger partial charge in [-0.25, -0.2) is 9.79 Å². The number of rotatable bonds is 5. The van der Waals surface area contributed by atoms with Crippen molar-refractivity contribution in [1.29, 1.82) is 0 Å². The standard InChI is InChI=1S/C23H15ClINO3/c24-20-11-8-17(25)13-19(20)22-26-21(23(27)29-22)12-15-6-9-18(10-7-15)28-14-16-4-2-1-3-5-16/h1-13H,14H2/b21-12-. The number of cyclic esters (lactones) is 1. The molecule has 0 spiro atoms. The number of benzene rings is 3. The van der Waals surface area contributed by atoms with E-state index in [0.29, 0.717) is 17.2 Å². The molecule has 1 aliphatic rings. The molecule has 144 valence electrons. The SMILES string of the molecule is O=C1OC(c2cc(I)ccc2Cl)=N/C1=C\c1ccc(OCc2ccccc2)cc1. The molecule has 0 aromatic heterocycles. The summed E-state index contributed by atoms with van der Waals surface area (Å²) in [4.78, 5) is 16.5. The van der Waals surface area contributed by atoms with Crippen LogP contribution < -0.4 is 4.74 Å². The molecule has 3 aromatic carbocycles. The summed E-state index contributed by atoms with van der Waals surface area (Å²) >= 11 is 8.38. The van der Waals surface area contributed by atoms with E-state index in [1.807, 2.05) is 66.7 Å². The van der Waals surface area contributed by atoms with Crippen molar-refractivity contribution in [2.45, 2.75) is 6.61 Å². The van der Waals surface area contributed by atoms with Gasteiger partial charge in [0.15, 0.2) is 5.70 Å². The van der Waals surface area contributed by atoms with Crippen molar-refractivity contribution in [3.05, 3.63) is 104 Å². The number of nitrogens with zero attached hydrogens (tertiary/aromatic N) is 1. The Kier molecular flexibility index (Phi) is 5.97. The van der Waals surface area contributed by atoms with Gasteiger partial charge in [0.05, 0.1) is 10.6 Å². The second-order valence-electron chi connectivity index (χ2n) is 6.30. The zero-order valence-corrected chi connectivity index (χ0v) is 18.1. The molecule has 0 saturated carbocycles. The summed E-state index contributed by atoms with van der Waals surface area (Å²) in [6.45, 7) is 0.498. The molecule has 0 fully saturated rings. The lowest BCUT2D eigenvalue weighted by molar-refractivity contribution is -0.129. The highest BCUT2D eigenvalue weighted by atomic mass is 127. The number of esters is 1. The minimum atomic E-state index is -0.501. The Morgan fingerprint density at radius 3 is 2.55 bits per heavy atom. The van der Waals surface area contributed by atoms with Crippen LogP contribution in [0.1, 0.15) is 16.7 Å². The van der Waals surface area contributed by atoms with Gasteiger partial charge in [0.2, 0.25) is 5.90 Å². The van der Waals surface area contributed by atoms with Gasteiger partial charge < -0.3 is 9.47 Å². The van der Waals surface area contributed by atoms with Gasteiger partial charge in [0.1, 0.15) is 12.4 Å². The van der Waals surface area contributed by atoms with Crippen LogP contribution in [0.25, 0.3) is 6.08 Å². The number of carbonyl (C=O) groups is 1. The van der Waals surface area contributed by atoms with Crippen LogP contribution in [-0.2, 0) is 16.1 Å². The van der Waals surface area contributed by atoms with E-state index in [2.05, 4.69) is 27.6 Å². The van der Waals surface area contributed by atoms with Crippen molar-refractivity contribution in [2.24, 2.45) is 4.99 Å². The molecule has 4 nitrogen and oxygen atoms in total. The van der Waals surface area contributed by atoms with E-state index < -0.39 is 5.97 Å². The van der Waals surface area contributed by atoms with E-state index in [0.717, 1.165) is 20.4 Å². The number of aliphatic imine (C=N–C) groups is 1. The van der Waals surface area contributed by atoms with Crippen LogP contribution in [0.3, 0.4) is 0 Å². The number of hydrogen-bond acceptors (Lipinski definition) is 4. The molecule has 1 aliphatic heterocycles. The van der Waals surface area contributed by atoms with Crippen LogP contribution >= 0.6 is 34.2 Å². The maximum atomic E-state index is 12.2. The Balaban J connectivity index is 1.49. The molecule has 0 aliphatic carbocycles. The van der Waals surface area contributed by atoms with Crippen LogP contribution in [0, 0.1) is 3.57 Å². The predicted octanol–water partition coefficient (Wildman–Crippen LogP) is 5.87. The number of carbonyl (C=O) groups excluding carboxylic acids is 1. The fraction of sp³-hybridized carbons (Fsp3) is 0.0435. The lowest BCUT2D eigenvalue weighted by Gasteiger charge is -2.06. The monoisotopic (exact) mass is 515 g/mol. The maximum Gasteiger partial charge on any atom is 0.363 e. The zero-order chi connectivity index (χ0) is 20.2. The van der Waals surface area contributed by atoms with E-state index in [9.17, 15) is 4.79 Å². The van der Waals surface area contributed by atoms with Gasteiger partial charge in [-0.1, -0.05) is 54.1 Å². The third-order valence-corrected chi connectivity index (χ3v) is 5.21. The van der Waals surface area contributed by atoms with Gasteiger partial charge in [-0.3, -0.25) is 0 Å². The van der Waals surface area contributed by atoms with Gasteiger partial charge in [-0.05, 0) is 70.1 Å². The Labute approximate surface area is 187 Å². The summed E-state index contributed by atoms with van der Waals surface area (Å²) in [7, 11) is 0. The largest absolute Gasteiger partial charge is 0.489 e. The van der Waals surface area contributed by atoms with E-state index in [1.165, 1.54) is 0 Å². The number of halogens is 2. The van der Waals surface area contributed by atoms with Crippen molar-refractivity contribution in [1.82, 2.24) is 0 Å². The fourth-order valence-electron chi connectivity index (χ4n) is 2.74. The fourth-order valence-corrected chi connectivity index (χ4v) is 3.43. The molecular weight excluding hydrogens is 501 g/mol. The summed E-state index contributed by atoms with van der Waals surface area (Å²) in [5.41, 5.74) is 2.75. The van der Waals surface area contributed by atoms with Gasteiger partial charge in [-0.2, -0.15) is 0 Å². The Morgan fingerprint density at radius 2 is 1.79 bits per heavy atom. The molecule has 4 rings (SSSR count). The van der Waals surface area contributed by atoms with Crippen molar-refractivity contribution >= 4 is 52.1 Å². The lowest BCUT2D eigenvalue weighted by Crippen LogP contribution is -2.06. The first-order valence-electron chi connectivity index (χ1n) is 8.83. The van der Waals surface area contributed by atoms with Crippen LogP contribution in [0.5, 0.6) is 5.75 Å². The van der Waals surface area contributed by atoms with Gasteiger partial charge >= 0.3 is 5.97 Å². The van der Waals surface area contributed by atoms with Gasteiger partial charge in [-0.15, -0.1) is 0 Å². The van der Waals surface area contributed by atoms with Crippen molar-refractivity contribution in [3.8, 4) is 5.75 Å². The summed E-state index contributed by atoms with van der Waals surface area (Å²) in [6, 6.07) is 22.9. The molecule has 0 unspecified atom stereocenters. The van der Waals surface area contributed by atoms with Crippen LogP contribution in [0.2, 0.25) is 5.02 Å². The van der Waals surface area contributed by atoms with E-state index in [1.54, 1.807) is 12.1 Å². The zero-order valence-electron chi connectivity index (χ0n) is 15.1. The number of hydrogen-bond donors (Lipinski definition) is 0. The summed E-state index contributed by atoms with van der Waals surface area (Å²) in [5.74, 6) is 0.465. The predicted molar refractivity (Wildman–Crippen MR) is 122 cm³/mol. The van der Waals surface area contributed by atoms with Crippen molar-refractivity contribution in [2.75, 3.05) is 0 Å². The summed E-state index contributed by atoms with van der Waals surface area (Å²) in [5, 5.41) is 0.484. The molecule has 1 heterocycles. The highest BCUT2D eigenvalue weighted by molar-refractivity contribution is 14.1. The van der Waals surface area contributed by atoms with Crippen LogP contribution in [-0.4, -0.2) is 11.9 Å². The minimum Gasteiger partial charge on any atom is -0.489 e. The van der Waals surface area contributed by atoms with E-state index >= 15 is 0 Å². The van der Waals surface area contributed by atoms with Crippen molar-refractivity contribution in [3.63, 3.8) is 0 Å². The average Bonchev–Trinajstić information content (AvgIpc) is 3.10. The summed E-state index contributed by atoms with van der Waals surface area (Å²) < 4.78 is 12.1. The van der Waals surface area contributed by atoms with Crippen molar-refractivity contribution < 1.29 is 14.3 Å². The molecule has 0 atom stereocenters. The van der Waals surface area contributed by atoms with E-state index in [4.69, 9.17) is 21.1 Å². The molecule has 3 aromatic rings. The highest BCUT2D eigenvalue weighted by Crippen LogP contribution is 2.25. The molecule has 0 amide bonds. The summed E-state index contributed by atoms with van der Waals surface area (Å²) in [6.07, 6.45) is 1.68. The topological polar surface area (TPSA) is 47.9 Å². The van der Waals surface area contributed by atoms with Gasteiger partial charge in [0.25, 0.3) is 0 Å². The third kappa shape index (κ3) is 4.86. The molecule has 6 heteroatoms. The molecule has 0 N–H and O–H groups in total. The maximum absolute atomic E-state index is 12.2. The normalized spacial score (nSPS) is 14.6. The highest BCUT2D eigenvalue weighted by Gasteiger charge is 2.25. The Bertz CT molecular complexity index is 1110. The molecule has 0 saturated heterocycles. The second kappa shape index (κ2) is 8.80. The first-order chi connectivity index (χ1) is 14.1. The van der Waals surface area contributed by atoms with Crippen LogP contribution in [0.4, 0.5) is 0 Å². The van der Waals surface area contributed by atoms with Gasteiger partial charge in [0, 0.05) is 3.57 Å². The minimum absolute atomic E-state index is 0.215. The Morgan fingerprint density at radius 1 is 1.03 bits per heavy atom.